The zero-order chi connectivity index (χ0) is 31.4. The molecular weight excluding hydrogens is 546 g/mol. The van der Waals surface area contributed by atoms with Crippen LogP contribution in [0.15, 0.2) is 18.2 Å². The van der Waals surface area contributed by atoms with Gasteiger partial charge in [-0.25, -0.2) is 0 Å². The number of ether oxygens (including phenoxy) is 3. The van der Waals surface area contributed by atoms with Crippen LogP contribution in [-0.2, 0) is 35.3 Å². The molecule has 4 unspecified atom stereocenters. The highest BCUT2D eigenvalue weighted by Crippen LogP contribution is 2.31. The van der Waals surface area contributed by atoms with Crippen LogP contribution in [0.25, 0.3) is 0 Å². The minimum atomic E-state index is -1.01. The standard InChI is InChI=1S/C29H47N5O8/c1-16(2)26(33-18(5)6)28(38)32-14-24(36)34-21-8-7-19(15-40-29(39)17(3)4)11-22(21)41-25-13-20(35)12-23(42-25)27(37)31-10-9-30/h7-8,11,16-18,20,23,25-26,33,35H,9-10,12-15,30H2,1-6H3,(H,31,37)(H,32,38)(H,34,36). The van der Waals surface area contributed by atoms with Gasteiger partial charge in [-0.1, -0.05) is 47.6 Å². The van der Waals surface area contributed by atoms with Crippen molar-refractivity contribution in [2.75, 3.05) is 25.0 Å². The summed E-state index contributed by atoms with van der Waals surface area (Å²) in [4.78, 5) is 50.0. The molecular formula is C29H47N5O8. The van der Waals surface area contributed by atoms with E-state index < -0.39 is 36.4 Å². The molecule has 1 aliphatic rings. The number of carbonyl (C=O) groups excluding carboxylic acids is 4. The number of rotatable bonds is 15. The zero-order valence-corrected chi connectivity index (χ0v) is 25.4. The van der Waals surface area contributed by atoms with Gasteiger partial charge in [-0.05, 0) is 23.6 Å². The van der Waals surface area contributed by atoms with Crippen LogP contribution in [0, 0.1) is 11.8 Å². The second-order valence-corrected chi connectivity index (χ2v) is 11.3. The minimum Gasteiger partial charge on any atom is -0.463 e. The first kappa shape index (κ1) is 34.9. The molecule has 13 heteroatoms. The molecule has 0 aromatic heterocycles. The van der Waals surface area contributed by atoms with Gasteiger partial charge in [0.25, 0.3) is 0 Å². The predicted molar refractivity (Wildman–Crippen MR) is 156 cm³/mol. The molecule has 0 spiro atoms. The molecule has 1 heterocycles. The van der Waals surface area contributed by atoms with Gasteiger partial charge < -0.3 is 46.3 Å². The highest BCUT2D eigenvalue weighted by Gasteiger charge is 2.34. The molecule has 42 heavy (non-hydrogen) atoms. The lowest BCUT2D eigenvalue weighted by atomic mass is 10.0. The Labute approximate surface area is 247 Å². The average molecular weight is 594 g/mol. The van der Waals surface area contributed by atoms with E-state index in [-0.39, 0.29) is 80.3 Å². The summed E-state index contributed by atoms with van der Waals surface area (Å²) >= 11 is 0. The molecule has 7 N–H and O–H groups in total. The first-order valence-corrected chi connectivity index (χ1v) is 14.4. The quantitative estimate of drug-likeness (QED) is 0.159. The number of carbonyl (C=O) groups is 4. The molecule has 0 bridgehead atoms. The van der Waals surface area contributed by atoms with Gasteiger partial charge in [-0.2, -0.15) is 0 Å². The summed E-state index contributed by atoms with van der Waals surface area (Å²) in [5.41, 5.74) is 6.30. The monoisotopic (exact) mass is 593 g/mol. The van der Waals surface area contributed by atoms with Gasteiger partial charge in [0, 0.05) is 32.0 Å². The van der Waals surface area contributed by atoms with Gasteiger partial charge in [0.2, 0.25) is 24.0 Å². The Bertz CT molecular complexity index is 1060. The summed E-state index contributed by atoms with van der Waals surface area (Å²) in [6.07, 6.45) is -2.67. The van der Waals surface area contributed by atoms with Crippen LogP contribution in [0.3, 0.4) is 0 Å². The molecule has 1 aliphatic heterocycles. The summed E-state index contributed by atoms with van der Waals surface area (Å²) < 4.78 is 17.2. The highest BCUT2D eigenvalue weighted by molar-refractivity contribution is 5.96. The Morgan fingerprint density at radius 3 is 2.40 bits per heavy atom. The number of hydrogen-bond acceptors (Lipinski definition) is 10. The van der Waals surface area contributed by atoms with Crippen molar-refractivity contribution in [1.29, 1.82) is 0 Å². The molecule has 236 valence electrons. The smallest absolute Gasteiger partial charge is 0.308 e. The second kappa shape index (κ2) is 17.0. The Morgan fingerprint density at radius 2 is 1.79 bits per heavy atom. The predicted octanol–water partition coefficient (Wildman–Crippen LogP) is 0.783. The molecule has 1 saturated heterocycles. The lowest BCUT2D eigenvalue weighted by Crippen LogP contribution is -2.51. The van der Waals surface area contributed by atoms with E-state index in [0.29, 0.717) is 5.56 Å². The van der Waals surface area contributed by atoms with Crippen molar-refractivity contribution in [3.8, 4) is 5.75 Å². The second-order valence-electron chi connectivity index (χ2n) is 11.3. The van der Waals surface area contributed by atoms with E-state index in [0.717, 1.165) is 0 Å². The van der Waals surface area contributed by atoms with E-state index in [1.165, 1.54) is 0 Å². The fourth-order valence-corrected chi connectivity index (χ4v) is 4.14. The van der Waals surface area contributed by atoms with E-state index in [4.69, 9.17) is 19.9 Å². The molecule has 1 aromatic carbocycles. The van der Waals surface area contributed by atoms with Crippen LogP contribution >= 0.6 is 0 Å². The van der Waals surface area contributed by atoms with E-state index >= 15 is 0 Å². The van der Waals surface area contributed by atoms with E-state index in [2.05, 4.69) is 21.3 Å². The Kier molecular flexibility index (Phi) is 14.1. The van der Waals surface area contributed by atoms with Gasteiger partial charge in [0.05, 0.1) is 30.3 Å². The van der Waals surface area contributed by atoms with Gasteiger partial charge in [0.1, 0.15) is 18.5 Å². The Morgan fingerprint density at radius 1 is 1.07 bits per heavy atom. The van der Waals surface area contributed by atoms with Crippen LogP contribution in [0.4, 0.5) is 5.69 Å². The molecule has 0 radical (unpaired) electrons. The fourth-order valence-electron chi connectivity index (χ4n) is 4.14. The average Bonchev–Trinajstić information content (AvgIpc) is 2.92. The molecule has 0 saturated carbocycles. The third-order valence-corrected chi connectivity index (χ3v) is 6.32. The largest absolute Gasteiger partial charge is 0.463 e. The molecule has 2 rings (SSSR count). The van der Waals surface area contributed by atoms with E-state index in [9.17, 15) is 24.3 Å². The van der Waals surface area contributed by atoms with Crippen LogP contribution in [0.5, 0.6) is 5.75 Å². The number of hydrogen-bond donors (Lipinski definition) is 6. The van der Waals surface area contributed by atoms with Gasteiger partial charge in [-0.3, -0.25) is 19.2 Å². The van der Waals surface area contributed by atoms with Gasteiger partial charge in [0.15, 0.2) is 0 Å². The van der Waals surface area contributed by atoms with Crippen molar-refractivity contribution >= 4 is 29.4 Å². The topological polar surface area (TPSA) is 190 Å². The van der Waals surface area contributed by atoms with Crippen LogP contribution in [0.1, 0.15) is 59.9 Å². The van der Waals surface area contributed by atoms with Crippen molar-refractivity contribution < 1.29 is 38.5 Å². The van der Waals surface area contributed by atoms with Crippen molar-refractivity contribution in [3.63, 3.8) is 0 Å². The number of aliphatic hydroxyl groups excluding tert-OH is 1. The molecule has 3 amide bonds. The highest BCUT2D eigenvalue weighted by atomic mass is 16.7. The summed E-state index contributed by atoms with van der Waals surface area (Å²) in [6, 6.07) is 4.44. The summed E-state index contributed by atoms with van der Waals surface area (Å²) in [7, 11) is 0. The maximum Gasteiger partial charge on any atom is 0.308 e. The normalized spacial score (nSPS) is 19.4. The van der Waals surface area contributed by atoms with Crippen molar-refractivity contribution in [3.05, 3.63) is 23.8 Å². The summed E-state index contributed by atoms with van der Waals surface area (Å²) in [6.45, 7) is 11.4. The van der Waals surface area contributed by atoms with Crippen molar-refractivity contribution in [2.45, 2.75) is 91.6 Å². The number of esters is 1. The molecule has 1 fully saturated rings. The van der Waals surface area contributed by atoms with Crippen LogP contribution in [0.2, 0.25) is 0 Å². The van der Waals surface area contributed by atoms with Crippen molar-refractivity contribution in [1.82, 2.24) is 16.0 Å². The van der Waals surface area contributed by atoms with Gasteiger partial charge >= 0.3 is 5.97 Å². The number of aliphatic hydroxyl groups is 1. The maximum absolute atomic E-state index is 12.8. The zero-order valence-electron chi connectivity index (χ0n) is 25.4. The number of benzene rings is 1. The Hall–Kier alpha value is -3.26. The van der Waals surface area contributed by atoms with Crippen molar-refractivity contribution in [2.24, 2.45) is 17.6 Å². The fraction of sp³-hybridized carbons (Fsp3) is 0.655. The first-order valence-electron chi connectivity index (χ1n) is 14.4. The van der Waals surface area contributed by atoms with Crippen LogP contribution < -0.4 is 31.7 Å². The minimum absolute atomic E-state index is 0.0138. The van der Waals surface area contributed by atoms with Crippen LogP contribution in [-0.4, -0.2) is 79.0 Å². The number of amides is 3. The van der Waals surface area contributed by atoms with E-state index in [1.54, 1.807) is 32.0 Å². The molecule has 0 aliphatic carbocycles. The number of nitrogens with one attached hydrogen (secondary N) is 4. The summed E-state index contributed by atoms with van der Waals surface area (Å²) in [5, 5.41) is 21.6. The first-order chi connectivity index (χ1) is 19.8. The maximum atomic E-state index is 12.8. The third kappa shape index (κ3) is 11.6. The molecule has 1 aromatic rings. The third-order valence-electron chi connectivity index (χ3n) is 6.32. The number of nitrogens with two attached hydrogens (primary N) is 1. The molecule has 4 atom stereocenters. The summed E-state index contributed by atoms with van der Waals surface area (Å²) in [5.74, 6) is -1.70. The SMILES string of the molecule is CC(C)NC(C(=O)NCC(=O)Nc1ccc(COC(=O)C(C)C)cc1OC1CC(O)CC(C(=O)NCCN)O1)C(C)C. The van der Waals surface area contributed by atoms with Gasteiger partial charge in [-0.15, -0.1) is 0 Å². The van der Waals surface area contributed by atoms with E-state index in [1.807, 2.05) is 27.7 Å². The molecule has 13 nitrogen and oxygen atoms in total. The number of anilines is 1. The Balaban J connectivity index is 2.19. The lowest BCUT2D eigenvalue weighted by Gasteiger charge is -2.32. The lowest BCUT2D eigenvalue weighted by molar-refractivity contribution is -0.184.